The van der Waals surface area contributed by atoms with Gasteiger partial charge in [-0.15, -0.1) is 0 Å². The predicted molar refractivity (Wildman–Crippen MR) is 55.5 cm³/mol. The van der Waals surface area contributed by atoms with E-state index in [4.69, 9.17) is 38.9 Å². The van der Waals surface area contributed by atoms with Crippen molar-refractivity contribution in [3.05, 3.63) is 27.7 Å². The first-order valence-electron chi connectivity index (χ1n) is 3.86. The fourth-order valence-corrected chi connectivity index (χ4v) is 1.62. The van der Waals surface area contributed by atoms with Crippen molar-refractivity contribution in [3.8, 4) is 11.8 Å². The molecule has 0 unspecified atom stereocenters. The summed E-state index contributed by atoms with van der Waals surface area (Å²) in [6.07, 6.45) is 0. The Balaban J connectivity index is 3.06. The normalized spacial score (nSPS) is 9.57. The van der Waals surface area contributed by atoms with E-state index < -0.39 is 0 Å². The lowest BCUT2D eigenvalue weighted by Crippen LogP contribution is -2.03. The molecule has 0 spiro atoms. The molecule has 5 heteroatoms. The maximum Gasteiger partial charge on any atom is 0.174 e. The van der Waals surface area contributed by atoms with Crippen molar-refractivity contribution in [1.29, 1.82) is 5.26 Å². The standard InChI is InChI=1S/C9H8Cl2N2O/c10-7-3-6(5-13)9(8(11)4-7)14-2-1-12/h3-4H,2,5,13H2. The second-order valence-corrected chi connectivity index (χ2v) is 3.37. The van der Waals surface area contributed by atoms with E-state index in [0.717, 1.165) is 0 Å². The molecule has 0 saturated heterocycles. The zero-order chi connectivity index (χ0) is 10.6. The average molecular weight is 231 g/mol. The second kappa shape index (κ2) is 5.06. The van der Waals surface area contributed by atoms with E-state index in [1.165, 1.54) is 0 Å². The van der Waals surface area contributed by atoms with Gasteiger partial charge in [-0.2, -0.15) is 5.26 Å². The lowest BCUT2D eigenvalue weighted by atomic mass is 10.2. The zero-order valence-electron chi connectivity index (χ0n) is 7.26. The molecule has 0 atom stereocenters. The van der Waals surface area contributed by atoms with Gasteiger partial charge in [-0.05, 0) is 12.1 Å². The van der Waals surface area contributed by atoms with Crippen LogP contribution >= 0.6 is 23.2 Å². The minimum atomic E-state index is -0.0612. The van der Waals surface area contributed by atoms with Crippen molar-refractivity contribution in [2.45, 2.75) is 6.54 Å². The van der Waals surface area contributed by atoms with E-state index in [-0.39, 0.29) is 13.2 Å². The SMILES string of the molecule is N#CCOc1c(Cl)cc(Cl)cc1CN. The fourth-order valence-electron chi connectivity index (χ4n) is 1.03. The summed E-state index contributed by atoms with van der Waals surface area (Å²) in [7, 11) is 0. The highest BCUT2D eigenvalue weighted by Gasteiger charge is 2.09. The van der Waals surface area contributed by atoms with E-state index in [2.05, 4.69) is 0 Å². The van der Waals surface area contributed by atoms with Gasteiger partial charge in [-0.3, -0.25) is 0 Å². The number of halogens is 2. The third-order valence-electron chi connectivity index (χ3n) is 1.59. The molecule has 0 aliphatic heterocycles. The van der Waals surface area contributed by atoms with E-state index in [1.807, 2.05) is 6.07 Å². The molecule has 0 aliphatic rings. The highest BCUT2D eigenvalue weighted by Crippen LogP contribution is 2.32. The molecule has 1 aromatic rings. The number of rotatable bonds is 3. The van der Waals surface area contributed by atoms with Crippen LogP contribution in [0.1, 0.15) is 5.56 Å². The van der Waals surface area contributed by atoms with Gasteiger partial charge < -0.3 is 10.5 Å². The van der Waals surface area contributed by atoms with Crippen LogP contribution in [0.4, 0.5) is 0 Å². The van der Waals surface area contributed by atoms with Crippen molar-refractivity contribution in [1.82, 2.24) is 0 Å². The summed E-state index contributed by atoms with van der Waals surface area (Å²) in [6, 6.07) is 5.07. The summed E-state index contributed by atoms with van der Waals surface area (Å²) < 4.78 is 5.13. The first kappa shape index (κ1) is 11.1. The molecule has 3 nitrogen and oxygen atoms in total. The minimum Gasteiger partial charge on any atom is -0.477 e. The minimum absolute atomic E-state index is 0.0612. The van der Waals surface area contributed by atoms with Gasteiger partial charge in [-0.1, -0.05) is 23.2 Å². The van der Waals surface area contributed by atoms with Crippen LogP contribution < -0.4 is 10.5 Å². The largest absolute Gasteiger partial charge is 0.477 e. The maximum atomic E-state index is 8.36. The molecule has 0 saturated carbocycles. The third-order valence-corrected chi connectivity index (χ3v) is 2.09. The summed E-state index contributed by atoms with van der Waals surface area (Å²) in [6.45, 7) is 0.204. The van der Waals surface area contributed by atoms with Crippen LogP contribution in [0.3, 0.4) is 0 Å². The van der Waals surface area contributed by atoms with Gasteiger partial charge in [0.1, 0.15) is 11.8 Å². The molecule has 74 valence electrons. The van der Waals surface area contributed by atoms with Gasteiger partial charge in [0.05, 0.1) is 5.02 Å². The highest BCUT2D eigenvalue weighted by molar-refractivity contribution is 6.35. The predicted octanol–water partition coefficient (Wildman–Crippen LogP) is 2.35. The summed E-state index contributed by atoms with van der Waals surface area (Å²) in [5, 5.41) is 9.23. The highest BCUT2D eigenvalue weighted by atomic mass is 35.5. The Morgan fingerprint density at radius 3 is 2.71 bits per heavy atom. The van der Waals surface area contributed by atoms with Gasteiger partial charge in [0.15, 0.2) is 6.61 Å². The summed E-state index contributed by atoms with van der Waals surface area (Å²) in [5.74, 6) is 0.431. The Labute approximate surface area is 92.0 Å². The van der Waals surface area contributed by atoms with Crippen LogP contribution in [-0.2, 0) is 6.54 Å². The monoisotopic (exact) mass is 230 g/mol. The Hall–Kier alpha value is -0.950. The topological polar surface area (TPSA) is 59.0 Å². The van der Waals surface area contributed by atoms with Crippen LogP contribution in [0.25, 0.3) is 0 Å². The van der Waals surface area contributed by atoms with Crippen molar-refractivity contribution < 1.29 is 4.74 Å². The summed E-state index contributed by atoms with van der Waals surface area (Å²) in [5.41, 5.74) is 6.17. The number of nitrogens with zero attached hydrogens (tertiary/aromatic N) is 1. The Bertz CT molecular complexity index is 374. The molecule has 1 rings (SSSR count). The van der Waals surface area contributed by atoms with Crippen LogP contribution in [0.15, 0.2) is 12.1 Å². The molecular formula is C9H8Cl2N2O. The van der Waals surface area contributed by atoms with E-state index in [9.17, 15) is 0 Å². The van der Waals surface area contributed by atoms with E-state index in [1.54, 1.807) is 12.1 Å². The molecule has 0 amide bonds. The first-order chi connectivity index (χ1) is 6.69. The number of ether oxygens (including phenoxy) is 1. The second-order valence-electron chi connectivity index (χ2n) is 2.53. The molecular weight excluding hydrogens is 223 g/mol. The van der Waals surface area contributed by atoms with Crippen LogP contribution in [0, 0.1) is 11.3 Å². The molecule has 0 heterocycles. The number of nitrogens with two attached hydrogens (primary N) is 1. The van der Waals surface area contributed by atoms with Crippen molar-refractivity contribution in [2.75, 3.05) is 6.61 Å². The fraction of sp³-hybridized carbons (Fsp3) is 0.222. The van der Waals surface area contributed by atoms with Crippen LogP contribution in [0.2, 0.25) is 10.0 Å². The number of hydrogen-bond donors (Lipinski definition) is 1. The summed E-state index contributed by atoms with van der Waals surface area (Å²) >= 11 is 11.6. The summed E-state index contributed by atoms with van der Waals surface area (Å²) in [4.78, 5) is 0. The number of nitriles is 1. The number of hydrogen-bond acceptors (Lipinski definition) is 3. The molecule has 14 heavy (non-hydrogen) atoms. The molecule has 0 fully saturated rings. The Morgan fingerprint density at radius 1 is 1.43 bits per heavy atom. The zero-order valence-corrected chi connectivity index (χ0v) is 8.77. The molecule has 0 aliphatic carbocycles. The maximum absolute atomic E-state index is 8.36. The third kappa shape index (κ3) is 2.52. The van der Waals surface area contributed by atoms with Crippen LogP contribution in [-0.4, -0.2) is 6.61 Å². The number of benzene rings is 1. The van der Waals surface area contributed by atoms with Gasteiger partial charge in [0.2, 0.25) is 0 Å². The Kier molecular flexibility index (Phi) is 4.02. The molecule has 0 aromatic heterocycles. The van der Waals surface area contributed by atoms with Crippen molar-refractivity contribution >= 4 is 23.2 Å². The average Bonchev–Trinajstić information content (AvgIpc) is 2.15. The first-order valence-corrected chi connectivity index (χ1v) is 4.62. The lowest BCUT2D eigenvalue weighted by molar-refractivity contribution is 0.364. The molecule has 0 bridgehead atoms. The molecule has 1 aromatic carbocycles. The quantitative estimate of drug-likeness (QED) is 0.868. The van der Waals surface area contributed by atoms with E-state index in [0.29, 0.717) is 21.4 Å². The smallest absolute Gasteiger partial charge is 0.174 e. The molecule has 2 N–H and O–H groups in total. The van der Waals surface area contributed by atoms with Crippen LogP contribution in [0.5, 0.6) is 5.75 Å². The molecule has 0 radical (unpaired) electrons. The Morgan fingerprint density at radius 2 is 2.14 bits per heavy atom. The van der Waals surface area contributed by atoms with Gasteiger partial charge in [0.25, 0.3) is 0 Å². The van der Waals surface area contributed by atoms with E-state index >= 15 is 0 Å². The van der Waals surface area contributed by atoms with Crippen molar-refractivity contribution in [3.63, 3.8) is 0 Å². The van der Waals surface area contributed by atoms with Gasteiger partial charge >= 0.3 is 0 Å². The van der Waals surface area contributed by atoms with Gasteiger partial charge in [-0.25, -0.2) is 0 Å². The van der Waals surface area contributed by atoms with Crippen molar-refractivity contribution in [2.24, 2.45) is 5.73 Å². The van der Waals surface area contributed by atoms with Gasteiger partial charge in [0, 0.05) is 17.1 Å². The lowest BCUT2D eigenvalue weighted by Gasteiger charge is -2.09.